The number of imidazole rings is 2. The number of alkyl halides is 2. The standard InChI is InChI=1S/C20H23F2N9O12P2/c21-8-6(1-32)40-19(31-5-27-11-15(31)28-20(23)29-17(11)34)13(8)43-45(37,38)39-2-7-12(42-44(35)36)9(22)18(41-7)30-4-26-10-14(30)24-3-25-16(10)33/h3-9,12-13,18-19,32,44H,1-2H2,(H,35,36)(H,37,38)(H,24,25,33)(H3,23,28,29,34)/t6-,7-,8-,9+,12-,13-,18-,19-/m1/s1. The van der Waals surface area contributed by atoms with Gasteiger partial charge in [-0.05, 0) is 0 Å². The van der Waals surface area contributed by atoms with Crippen molar-refractivity contribution in [2.45, 2.75) is 49.2 Å². The predicted molar refractivity (Wildman–Crippen MR) is 142 cm³/mol. The molecule has 21 nitrogen and oxygen atoms in total. The number of H-pyrrole nitrogens is 2. The van der Waals surface area contributed by atoms with Gasteiger partial charge in [0.1, 0.15) is 24.4 Å². The highest BCUT2D eigenvalue weighted by Crippen LogP contribution is 2.51. The highest BCUT2D eigenvalue weighted by atomic mass is 31.2. The summed E-state index contributed by atoms with van der Waals surface area (Å²) in [7, 11) is -9.10. The number of hydrogen-bond donors (Lipinski definition) is 6. The minimum Gasteiger partial charge on any atom is -0.394 e. The van der Waals surface area contributed by atoms with Crippen molar-refractivity contribution in [3.63, 3.8) is 0 Å². The van der Waals surface area contributed by atoms with Crippen molar-refractivity contribution in [3.05, 3.63) is 39.7 Å². The van der Waals surface area contributed by atoms with Gasteiger partial charge in [0.2, 0.25) is 5.95 Å². The number of phosphoric ester groups is 1. The number of fused-ring (bicyclic) bond motifs is 2. The van der Waals surface area contributed by atoms with E-state index in [0.717, 1.165) is 28.1 Å². The number of aromatic amines is 2. The van der Waals surface area contributed by atoms with Crippen LogP contribution in [0.15, 0.2) is 28.6 Å². The lowest BCUT2D eigenvalue weighted by molar-refractivity contribution is -0.0589. The average Bonchev–Trinajstić information content (AvgIpc) is 3.73. The van der Waals surface area contributed by atoms with E-state index < -0.39 is 89.6 Å². The summed E-state index contributed by atoms with van der Waals surface area (Å²) < 4.78 is 83.3. The van der Waals surface area contributed by atoms with Crippen LogP contribution in [0.1, 0.15) is 12.5 Å². The van der Waals surface area contributed by atoms with Gasteiger partial charge < -0.3 is 39.6 Å². The predicted octanol–water partition coefficient (Wildman–Crippen LogP) is -1.43. The average molecular weight is 681 g/mol. The molecule has 0 saturated carbocycles. The maximum absolute atomic E-state index is 15.5. The van der Waals surface area contributed by atoms with E-state index in [2.05, 4.69) is 29.9 Å². The molecule has 2 saturated heterocycles. The van der Waals surface area contributed by atoms with E-state index in [9.17, 15) is 33.6 Å². The topological polar surface area (TPSA) is 294 Å². The van der Waals surface area contributed by atoms with Crippen molar-refractivity contribution in [2.75, 3.05) is 18.9 Å². The highest BCUT2D eigenvalue weighted by Gasteiger charge is 2.52. The Hall–Kier alpha value is -3.50. The minimum absolute atomic E-state index is 0.107. The fourth-order valence-corrected chi connectivity index (χ4v) is 6.46. The molecule has 2 fully saturated rings. The van der Waals surface area contributed by atoms with E-state index >= 15 is 8.78 Å². The molecule has 6 rings (SSSR count). The maximum atomic E-state index is 15.5. The molecule has 2 aliphatic heterocycles. The largest absolute Gasteiger partial charge is 0.472 e. The molecule has 0 aliphatic carbocycles. The summed E-state index contributed by atoms with van der Waals surface area (Å²) >= 11 is 0. The molecular weight excluding hydrogens is 658 g/mol. The number of aliphatic hydroxyl groups excluding tert-OH is 1. The molecule has 0 aromatic carbocycles. The first-order chi connectivity index (χ1) is 21.4. The van der Waals surface area contributed by atoms with E-state index in [1.54, 1.807) is 0 Å². The first kappa shape index (κ1) is 31.5. The molecule has 0 radical (unpaired) electrons. The first-order valence-electron chi connectivity index (χ1n) is 12.8. The van der Waals surface area contributed by atoms with Crippen molar-refractivity contribution < 1.29 is 55.8 Å². The molecule has 4 aromatic rings. The highest BCUT2D eigenvalue weighted by molar-refractivity contribution is 7.47. The van der Waals surface area contributed by atoms with Gasteiger partial charge in [-0.2, -0.15) is 4.98 Å². The number of nitrogens with one attached hydrogen (secondary N) is 2. The van der Waals surface area contributed by atoms with Gasteiger partial charge in [-0.3, -0.25) is 37.3 Å². The zero-order valence-corrected chi connectivity index (χ0v) is 24.1. The first-order valence-corrected chi connectivity index (χ1v) is 15.5. The maximum Gasteiger partial charge on any atom is 0.472 e. The number of phosphoric acid groups is 1. The number of rotatable bonds is 10. The van der Waals surface area contributed by atoms with Crippen LogP contribution in [0.2, 0.25) is 0 Å². The van der Waals surface area contributed by atoms with Crippen molar-refractivity contribution in [1.29, 1.82) is 0 Å². The number of nitrogen functional groups attached to an aromatic ring is 1. The number of anilines is 1. The number of hydrogen-bond acceptors (Lipinski definition) is 15. The van der Waals surface area contributed by atoms with Crippen molar-refractivity contribution in [2.24, 2.45) is 0 Å². The molecule has 2 unspecified atom stereocenters. The Morgan fingerprint density at radius 1 is 1.02 bits per heavy atom. The third-order valence-electron chi connectivity index (χ3n) is 6.97. The second-order valence-corrected chi connectivity index (χ2v) is 11.9. The van der Waals surface area contributed by atoms with Crippen LogP contribution in [0.3, 0.4) is 0 Å². The van der Waals surface area contributed by atoms with Gasteiger partial charge in [0.25, 0.3) is 11.1 Å². The Morgan fingerprint density at radius 3 is 2.38 bits per heavy atom. The second kappa shape index (κ2) is 12.0. The number of nitrogens with two attached hydrogens (primary N) is 1. The summed E-state index contributed by atoms with van der Waals surface area (Å²) in [6, 6.07) is 0. The van der Waals surface area contributed by atoms with Crippen LogP contribution in [0, 0.1) is 0 Å². The molecule has 0 bridgehead atoms. The van der Waals surface area contributed by atoms with Crippen LogP contribution in [0.5, 0.6) is 0 Å². The fourth-order valence-electron chi connectivity index (χ4n) is 5.02. The van der Waals surface area contributed by atoms with Crippen LogP contribution in [0.25, 0.3) is 22.3 Å². The van der Waals surface area contributed by atoms with E-state index in [4.69, 9.17) is 28.8 Å². The van der Waals surface area contributed by atoms with E-state index in [0.29, 0.717) is 0 Å². The quantitative estimate of drug-likeness (QED) is 0.105. The molecule has 7 N–H and O–H groups in total. The number of aliphatic hydroxyl groups is 1. The number of nitrogens with zero attached hydrogens (tertiary/aromatic N) is 6. The summed E-state index contributed by atoms with van der Waals surface area (Å²) in [6.07, 6.45) is -11.6. The van der Waals surface area contributed by atoms with Gasteiger partial charge in [0.15, 0.2) is 47.1 Å². The molecule has 45 heavy (non-hydrogen) atoms. The summed E-state index contributed by atoms with van der Waals surface area (Å²) in [5.74, 6) is -0.328. The number of halogens is 2. The molecular formula is C20H23F2N9O12P2. The Bertz CT molecular complexity index is 1920. The minimum atomic E-state index is -5.31. The Labute approximate surface area is 247 Å². The zero-order valence-electron chi connectivity index (χ0n) is 22.2. The molecule has 0 amide bonds. The summed E-state index contributed by atoms with van der Waals surface area (Å²) in [5, 5.41) is 9.59. The number of ether oxygens (including phenoxy) is 2. The Balaban J connectivity index is 1.23. The third-order valence-corrected chi connectivity index (χ3v) is 8.43. The smallest absolute Gasteiger partial charge is 0.394 e. The van der Waals surface area contributed by atoms with Crippen LogP contribution in [0.4, 0.5) is 14.7 Å². The second-order valence-electron chi connectivity index (χ2n) is 9.72. The molecule has 0 spiro atoms. The SMILES string of the molecule is Nc1nc2c(ncn2[C@@H]2O[C@H](CO)[C@@H](F)[C@H]2OP(=O)(O)OC[C@H]2O[C@@H](n3cnc4c(=O)[nH]cnc43)[C@@H](F)[C@@H]2O[PH](=O)O)c(=O)[nH]1. The summed E-state index contributed by atoms with van der Waals surface area (Å²) in [6.45, 7) is -1.87. The van der Waals surface area contributed by atoms with Crippen LogP contribution >= 0.6 is 16.1 Å². The van der Waals surface area contributed by atoms with Gasteiger partial charge >= 0.3 is 16.1 Å². The van der Waals surface area contributed by atoms with Crippen LogP contribution in [-0.2, 0) is 32.2 Å². The molecule has 10 atom stereocenters. The number of aromatic nitrogens is 8. The van der Waals surface area contributed by atoms with Gasteiger partial charge in [0.05, 0.1) is 32.2 Å². The van der Waals surface area contributed by atoms with Gasteiger partial charge in [-0.15, -0.1) is 0 Å². The van der Waals surface area contributed by atoms with Crippen LogP contribution in [-0.4, -0.2) is 104 Å². The zero-order chi connectivity index (χ0) is 32.2. The van der Waals surface area contributed by atoms with Crippen LogP contribution < -0.4 is 16.9 Å². The molecule has 6 heterocycles. The van der Waals surface area contributed by atoms with E-state index in [-0.39, 0.29) is 28.3 Å². The molecule has 244 valence electrons. The summed E-state index contributed by atoms with van der Waals surface area (Å²) in [5.41, 5.74) is 3.50. The van der Waals surface area contributed by atoms with Gasteiger partial charge in [-0.1, -0.05) is 0 Å². The monoisotopic (exact) mass is 681 g/mol. The fraction of sp³-hybridized carbons (Fsp3) is 0.500. The molecule has 4 aromatic heterocycles. The lowest BCUT2D eigenvalue weighted by Crippen LogP contribution is -2.34. The lowest BCUT2D eigenvalue weighted by atomic mass is 10.1. The van der Waals surface area contributed by atoms with Crippen molar-refractivity contribution >= 4 is 44.4 Å². The molecule has 2 aliphatic rings. The Morgan fingerprint density at radius 2 is 1.69 bits per heavy atom. The molecule has 25 heteroatoms. The summed E-state index contributed by atoms with van der Waals surface area (Å²) in [4.78, 5) is 64.1. The van der Waals surface area contributed by atoms with E-state index in [1.165, 1.54) is 0 Å². The van der Waals surface area contributed by atoms with Gasteiger partial charge in [-0.25, -0.2) is 28.3 Å². The normalized spacial score (nSPS) is 30.7. The van der Waals surface area contributed by atoms with Gasteiger partial charge in [0, 0.05) is 0 Å². The third kappa shape index (κ3) is 5.83. The Kier molecular flexibility index (Phi) is 8.41. The lowest BCUT2D eigenvalue weighted by Gasteiger charge is -2.24. The van der Waals surface area contributed by atoms with Crippen molar-refractivity contribution in [1.82, 2.24) is 39.0 Å². The van der Waals surface area contributed by atoms with E-state index in [1.807, 2.05) is 0 Å². The van der Waals surface area contributed by atoms with Crippen molar-refractivity contribution in [3.8, 4) is 0 Å².